The van der Waals surface area contributed by atoms with Crippen LogP contribution in [0.25, 0.3) is 0 Å². The van der Waals surface area contributed by atoms with Gasteiger partial charge in [-0.25, -0.2) is 0 Å². The monoisotopic (exact) mass is 186 g/mol. The van der Waals surface area contributed by atoms with Crippen LogP contribution >= 0.6 is 0 Å². The lowest BCUT2D eigenvalue weighted by Gasteiger charge is -2.29. The van der Waals surface area contributed by atoms with E-state index in [9.17, 15) is 4.79 Å². The third-order valence-electron chi connectivity index (χ3n) is 2.80. The smallest absolute Gasteiger partial charge is 0.305 e. The number of ether oxygens (including phenoxy) is 2. The molecule has 0 aromatic carbocycles. The molecule has 0 saturated heterocycles. The average molecular weight is 186 g/mol. The van der Waals surface area contributed by atoms with Gasteiger partial charge in [0.2, 0.25) is 0 Å². The summed E-state index contributed by atoms with van der Waals surface area (Å²) in [5, 5.41) is 0. The lowest BCUT2D eigenvalue weighted by Crippen LogP contribution is -2.28. The van der Waals surface area contributed by atoms with E-state index in [1.165, 1.54) is 20.0 Å². The SMILES string of the molecule is COC(=O)C[C@@H]1CCCC[C@H]1OC. The van der Waals surface area contributed by atoms with Crippen molar-refractivity contribution in [3.8, 4) is 0 Å². The van der Waals surface area contributed by atoms with Gasteiger partial charge >= 0.3 is 5.97 Å². The van der Waals surface area contributed by atoms with E-state index in [0.717, 1.165) is 12.8 Å². The number of rotatable bonds is 3. The molecular weight excluding hydrogens is 168 g/mol. The molecule has 0 aromatic rings. The fourth-order valence-electron chi connectivity index (χ4n) is 2.01. The van der Waals surface area contributed by atoms with E-state index in [2.05, 4.69) is 4.74 Å². The molecule has 0 aliphatic heterocycles. The molecular formula is C10H18O3. The molecule has 0 amide bonds. The van der Waals surface area contributed by atoms with E-state index in [1.54, 1.807) is 7.11 Å². The van der Waals surface area contributed by atoms with Crippen molar-refractivity contribution in [1.82, 2.24) is 0 Å². The van der Waals surface area contributed by atoms with E-state index >= 15 is 0 Å². The minimum Gasteiger partial charge on any atom is -0.469 e. The molecule has 1 fully saturated rings. The molecule has 0 N–H and O–H groups in total. The van der Waals surface area contributed by atoms with Gasteiger partial charge in [-0.1, -0.05) is 12.8 Å². The Morgan fingerprint density at radius 2 is 2.00 bits per heavy atom. The zero-order valence-electron chi connectivity index (χ0n) is 8.41. The minimum atomic E-state index is -0.117. The first-order valence-electron chi connectivity index (χ1n) is 4.87. The predicted molar refractivity (Wildman–Crippen MR) is 49.4 cm³/mol. The standard InChI is InChI=1S/C10H18O3/c1-12-9-6-4-3-5-8(9)7-10(11)13-2/h8-9H,3-7H2,1-2H3/t8-,9+/m0/s1. The van der Waals surface area contributed by atoms with E-state index in [4.69, 9.17) is 4.74 Å². The van der Waals surface area contributed by atoms with Crippen molar-refractivity contribution in [2.45, 2.75) is 38.2 Å². The normalized spacial score (nSPS) is 28.5. The predicted octanol–water partition coefficient (Wildman–Crippen LogP) is 1.75. The zero-order valence-corrected chi connectivity index (χ0v) is 8.41. The molecule has 13 heavy (non-hydrogen) atoms. The van der Waals surface area contributed by atoms with Gasteiger partial charge < -0.3 is 9.47 Å². The minimum absolute atomic E-state index is 0.117. The Labute approximate surface area is 79.4 Å². The van der Waals surface area contributed by atoms with Crippen LogP contribution in [0.4, 0.5) is 0 Å². The second-order valence-electron chi connectivity index (χ2n) is 3.60. The van der Waals surface area contributed by atoms with Gasteiger partial charge in [0, 0.05) is 7.11 Å². The van der Waals surface area contributed by atoms with Gasteiger partial charge in [0.15, 0.2) is 0 Å². The summed E-state index contributed by atoms with van der Waals surface area (Å²) in [5.41, 5.74) is 0. The molecule has 76 valence electrons. The Balaban J connectivity index is 2.40. The van der Waals surface area contributed by atoms with Gasteiger partial charge in [0.1, 0.15) is 0 Å². The van der Waals surface area contributed by atoms with Crippen LogP contribution in [0, 0.1) is 5.92 Å². The number of carbonyl (C=O) groups excluding carboxylic acids is 1. The molecule has 0 radical (unpaired) electrons. The molecule has 1 aliphatic carbocycles. The highest BCUT2D eigenvalue weighted by atomic mass is 16.5. The first kappa shape index (κ1) is 10.5. The van der Waals surface area contributed by atoms with Crippen molar-refractivity contribution in [3.05, 3.63) is 0 Å². The van der Waals surface area contributed by atoms with E-state index in [1.807, 2.05) is 0 Å². The van der Waals surface area contributed by atoms with Crippen molar-refractivity contribution >= 4 is 5.97 Å². The fourth-order valence-corrected chi connectivity index (χ4v) is 2.01. The van der Waals surface area contributed by atoms with E-state index in [-0.39, 0.29) is 12.1 Å². The number of methoxy groups -OCH3 is 2. The van der Waals surface area contributed by atoms with Gasteiger partial charge in [-0.15, -0.1) is 0 Å². The molecule has 3 nitrogen and oxygen atoms in total. The quantitative estimate of drug-likeness (QED) is 0.630. The molecule has 0 aromatic heterocycles. The lowest BCUT2D eigenvalue weighted by molar-refractivity contribution is -0.143. The van der Waals surface area contributed by atoms with Gasteiger partial charge in [-0.3, -0.25) is 4.79 Å². The van der Waals surface area contributed by atoms with Gasteiger partial charge in [-0.05, 0) is 18.8 Å². The van der Waals surface area contributed by atoms with E-state index < -0.39 is 0 Å². The molecule has 0 spiro atoms. The third kappa shape index (κ3) is 2.99. The second-order valence-corrected chi connectivity index (χ2v) is 3.60. The molecule has 2 atom stereocenters. The maximum Gasteiger partial charge on any atom is 0.305 e. The summed E-state index contributed by atoms with van der Waals surface area (Å²) in [4.78, 5) is 11.1. The Hall–Kier alpha value is -0.570. The van der Waals surface area contributed by atoms with E-state index in [0.29, 0.717) is 12.3 Å². The summed E-state index contributed by atoms with van der Waals surface area (Å²) in [5.74, 6) is 0.250. The molecule has 3 heteroatoms. The molecule has 1 rings (SSSR count). The van der Waals surface area contributed by atoms with Crippen LogP contribution in [0.1, 0.15) is 32.1 Å². The molecule has 0 bridgehead atoms. The van der Waals surface area contributed by atoms with Gasteiger partial charge in [0.25, 0.3) is 0 Å². The van der Waals surface area contributed by atoms with Crippen LogP contribution in [-0.4, -0.2) is 26.3 Å². The van der Waals surface area contributed by atoms with Crippen LogP contribution in [0.5, 0.6) is 0 Å². The first-order chi connectivity index (χ1) is 6.27. The maximum atomic E-state index is 11.1. The highest BCUT2D eigenvalue weighted by Gasteiger charge is 2.26. The summed E-state index contributed by atoms with van der Waals surface area (Å²) < 4.78 is 9.99. The molecule has 0 heterocycles. The zero-order chi connectivity index (χ0) is 9.68. The van der Waals surface area contributed by atoms with Gasteiger partial charge in [0.05, 0.1) is 19.6 Å². The van der Waals surface area contributed by atoms with Gasteiger partial charge in [-0.2, -0.15) is 0 Å². The number of esters is 1. The highest BCUT2D eigenvalue weighted by molar-refractivity contribution is 5.69. The molecule has 0 unspecified atom stereocenters. The average Bonchev–Trinajstić information content (AvgIpc) is 2.18. The second kappa shape index (κ2) is 5.22. The number of hydrogen-bond donors (Lipinski definition) is 0. The Morgan fingerprint density at radius 3 is 2.62 bits per heavy atom. The summed E-state index contributed by atoms with van der Waals surface area (Å²) in [6.45, 7) is 0. The maximum absolute atomic E-state index is 11.1. The Bertz CT molecular complexity index is 168. The summed E-state index contributed by atoms with van der Waals surface area (Å²) in [6, 6.07) is 0. The molecule has 1 saturated carbocycles. The summed E-state index contributed by atoms with van der Waals surface area (Å²) >= 11 is 0. The van der Waals surface area contributed by atoms with Crippen molar-refractivity contribution in [3.63, 3.8) is 0 Å². The van der Waals surface area contributed by atoms with Crippen LogP contribution in [-0.2, 0) is 14.3 Å². The Morgan fingerprint density at radius 1 is 1.31 bits per heavy atom. The summed E-state index contributed by atoms with van der Waals surface area (Å²) in [7, 11) is 3.16. The van der Waals surface area contributed by atoms with Crippen LogP contribution in [0.3, 0.4) is 0 Å². The van der Waals surface area contributed by atoms with Crippen LogP contribution < -0.4 is 0 Å². The van der Waals surface area contributed by atoms with Crippen LogP contribution in [0.15, 0.2) is 0 Å². The fraction of sp³-hybridized carbons (Fsp3) is 0.900. The number of carbonyl (C=O) groups is 1. The number of hydrogen-bond acceptors (Lipinski definition) is 3. The summed E-state index contributed by atoms with van der Waals surface area (Å²) in [6.07, 6.45) is 5.37. The Kier molecular flexibility index (Phi) is 4.22. The highest BCUT2D eigenvalue weighted by Crippen LogP contribution is 2.28. The topological polar surface area (TPSA) is 35.5 Å². The molecule has 1 aliphatic rings. The van der Waals surface area contributed by atoms with Crippen molar-refractivity contribution in [1.29, 1.82) is 0 Å². The van der Waals surface area contributed by atoms with Crippen LogP contribution in [0.2, 0.25) is 0 Å². The van der Waals surface area contributed by atoms with Crippen molar-refractivity contribution in [2.75, 3.05) is 14.2 Å². The van der Waals surface area contributed by atoms with Crippen molar-refractivity contribution < 1.29 is 14.3 Å². The first-order valence-corrected chi connectivity index (χ1v) is 4.87. The van der Waals surface area contributed by atoms with Crippen molar-refractivity contribution in [2.24, 2.45) is 5.92 Å². The lowest BCUT2D eigenvalue weighted by atomic mass is 9.84. The largest absolute Gasteiger partial charge is 0.469 e. The third-order valence-corrected chi connectivity index (χ3v) is 2.80.